The van der Waals surface area contributed by atoms with Crippen molar-refractivity contribution in [3.8, 4) is 0 Å². The van der Waals surface area contributed by atoms with E-state index < -0.39 is 35.4 Å². The monoisotopic (exact) mass is 401 g/mol. The minimum atomic E-state index is -0.705. The Hall–Kier alpha value is -2.63. The molecule has 0 aromatic heterocycles. The smallest absolute Gasteiger partial charge is 0.416 e. The third-order valence-corrected chi connectivity index (χ3v) is 4.78. The van der Waals surface area contributed by atoms with Gasteiger partial charge < -0.3 is 9.47 Å². The van der Waals surface area contributed by atoms with E-state index >= 15 is 0 Å². The average Bonchev–Trinajstić information content (AvgIpc) is 3.08. The molecule has 6 nitrogen and oxygen atoms in total. The number of nitrogens with zero attached hydrogens (tertiary/aromatic N) is 1. The maximum atomic E-state index is 13.1. The maximum absolute atomic E-state index is 13.1. The molecule has 0 aliphatic carbocycles. The lowest BCUT2D eigenvalue weighted by molar-refractivity contribution is -0.165. The van der Waals surface area contributed by atoms with E-state index in [2.05, 4.69) is 6.58 Å². The van der Waals surface area contributed by atoms with E-state index in [4.69, 9.17) is 9.47 Å². The van der Waals surface area contributed by atoms with Crippen molar-refractivity contribution in [1.29, 1.82) is 0 Å². The first-order valence-corrected chi connectivity index (χ1v) is 10.1. The van der Waals surface area contributed by atoms with E-state index in [1.165, 1.54) is 5.56 Å². The van der Waals surface area contributed by atoms with Gasteiger partial charge in [0.15, 0.2) is 0 Å². The number of hydrogen-bond donors (Lipinski definition) is 0. The molecule has 0 N–H and O–H groups in total. The van der Waals surface area contributed by atoms with Crippen LogP contribution < -0.4 is 0 Å². The molecule has 0 spiro atoms. The van der Waals surface area contributed by atoms with Crippen molar-refractivity contribution < 1.29 is 23.9 Å². The summed E-state index contributed by atoms with van der Waals surface area (Å²) in [6.45, 7) is 9.51. The lowest BCUT2D eigenvalue weighted by Crippen LogP contribution is -2.43. The van der Waals surface area contributed by atoms with Crippen LogP contribution in [0.5, 0.6) is 0 Å². The molecule has 0 saturated carbocycles. The van der Waals surface area contributed by atoms with Gasteiger partial charge in [-0.3, -0.25) is 9.59 Å². The molecule has 0 unspecified atom stereocenters. The first-order valence-electron chi connectivity index (χ1n) is 10.1. The van der Waals surface area contributed by atoms with E-state index in [1.807, 2.05) is 30.3 Å². The molecule has 1 aromatic rings. The highest BCUT2D eigenvalue weighted by molar-refractivity contribution is 5.96. The van der Waals surface area contributed by atoms with E-state index in [0.717, 1.165) is 17.7 Å². The molecule has 0 radical (unpaired) electrons. The topological polar surface area (TPSA) is 72.9 Å². The van der Waals surface area contributed by atoms with Gasteiger partial charge in [0.1, 0.15) is 12.2 Å². The van der Waals surface area contributed by atoms with Crippen LogP contribution >= 0.6 is 0 Å². The minimum absolute atomic E-state index is 0.177. The number of imide groups is 1. The van der Waals surface area contributed by atoms with E-state index in [0.29, 0.717) is 6.42 Å². The standard InChI is InChI=1S/C23H31NO5/c1-5-10-18(20(25)24-15-16-28-22(24)27)19(21(26)29-23(2,3)4)14-9-13-17-11-7-6-8-12-17/h5-8,11-12,18-19H,1,9-10,13-16H2,2-4H3/t18-,19+/m0/s1. The summed E-state index contributed by atoms with van der Waals surface area (Å²) in [5.74, 6) is -2.18. The Morgan fingerprint density at radius 2 is 1.93 bits per heavy atom. The van der Waals surface area contributed by atoms with Crippen LogP contribution in [0.15, 0.2) is 43.0 Å². The average molecular weight is 402 g/mol. The number of carbonyl (C=O) groups is 3. The van der Waals surface area contributed by atoms with E-state index in [9.17, 15) is 14.4 Å². The highest BCUT2D eigenvalue weighted by Gasteiger charge is 2.40. The molecule has 158 valence electrons. The Morgan fingerprint density at radius 1 is 1.24 bits per heavy atom. The summed E-state index contributed by atoms with van der Waals surface area (Å²) < 4.78 is 10.5. The zero-order chi connectivity index (χ0) is 21.4. The summed E-state index contributed by atoms with van der Waals surface area (Å²) in [7, 11) is 0. The maximum Gasteiger partial charge on any atom is 0.416 e. The molecule has 6 heteroatoms. The Morgan fingerprint density at radius 3 is 2.48 bits per heavy atom. The molecule has 1 fully saturated rings. The third-order valence-electron chi connectivity index (χ3n) is 4.78. The van der Waals surface area contributed by atoms with E-state index in [-0.39, 0.29) is 19.6 Å². The second-order valence-corrected chi connectivity index (χ2v) is 8.25. The van der Waals surface area contributed by atoms with Crippen molar-refractivity contribution in [3.05, 3.63) is 48.6 Å². The van der Waals surface area contributed by atoms with Gasteiger partial charge >= 0.3 is 12.1 Å². The number of hydrogen-bond acceptors (Lipinski definition) is 5. The largest absolute Gasteiger partial charge is 0.460 e. The van der Waals surface area contributed by atoms with Gasteiger partial charge in [-0.1, -0.05) is 36.4 Å². The van der Waals surface area contributed by atoms with Gasteiger partial charge in [-0.05, 0) is 52.0 Å². The number of benzene rings is 1. The second-order valence-electron chi connectivity index (χ2n) is 8.25. The summed E-state index contributed by atoms with van der Waals surface area (Å²) in [5, 5.41) is 0. The Kier molecular flexibility index (Phi) is 8.00. The summed E-state index contributed by atoms with van der Waals surface area (Å²) in [5.41, 5.74) is 0.508. The van der Waals surface area contributed by atoms with Crippen molar-refractivity contribution >= 4 is 18.0 Å². The highest BCUT2D eigenvalue weighted by atomic mass is 16.6. The van der Waals surface area contributed by atoms with Gasteiger partial charge in [0.05, 0.1) is 18.4 Å². The number of rotatable bonds is 9. The van der Waals surface area contributed by atoms with Crippen LogP contribution in [0.4, 0.5) is 4.79 Å². The van der Waals surface area contributed by atoms with Crippen LogP contribution in [-0.2, 0) is 25.5 Å². The summed E-state index contributed by atoms with van der Waals surface area (Å²) >= 11 is 0. The molecule has 1 saturated heterocycles. The SMILES string of the molecule is C=CC[C@H](C(=O)N1CCOC1=O)[C@@H](CCCc1ccccc1)C(=O)OC(C)(C)C. The molecule has 0 bridgehead atoms. The predicted molar refractivity (Wildman–Crippen MR) is 110 cm³/mol. The second kappa shape index (κ2) is 10.2. The normalized spacial score (nSPS) is 16.1. The van der Waals surface area contributed by atoms with Gasteiger partial charge in [-0.15, -0.1) is 6.58 Å². The Balaban J connectivity index is 2.18. The highest BCUT2D eigenvalue weighted by Crippen LogP contribution is 2.29. The Bertz CT molecular complexity index is 723. The van der Waals surface area contributed by atoms with E-state index in [1.54, 1.807) is 26.8 Å². The van der Waals surface area contributed by atoms with Gasteiger partial charge in [-0.2, -0.15) is 0 Å². The van der Waals surface area contributed by atoms with Gasteiger partial charge in [0.25, 0.3) is 0 Å². The first kappa shape index (κ1) is 22.7. The van der Waals surface area contributed by atoms with Gasteiger partial charge in [0, 0.05) is 0 Å². The molecule has 1 heterocycles. The van der Waals surface area contributed by atoms with Crippen LogP contribution in [0.2, 0.25) is 0 Å². The molecule has 29 heavy (non-hydrogen) atoms. The molecular weight excluding hydrogens is 370 g/mol. The zero-order valence-corrected chi connectivity index (χ0v) is 17.6. The quantitative estimate of drug-likeness (QED) is 0.459. The number of allylic oxidation sites excluding steroid dienone is 1. The molecule has 2 rings (SSSR count). The van der Waals surface area contributed by atoms with Crippen molar-refractivity contribution in [2.45, 2.75) is 52.1 Å². The van der Waals surface area contributed by atoms with Crippen LogP contribution in [0, 0.1) is 11.8 Å². The number of amides is 2. The molecule has 2 amide bonds. The van der Waals surface area contributed by atoms with Crippen molar-refractivity contribution in [1.82, 2.24) is 4.90 Å². The van der Waals surface area contributed by atoms with Crippen LogP contribution in [-0.4, -0.2) is 41.6 Å². The number of aryl methyl sites for hydroxylation is 1. The minimum Gasteiger partial charge on any atom is -0.460 e. The number of ether oxygens (including phenoxy) is 2. The molecule has 1 aliphatic heterocycles. The molecular formula is C23H31NO5. The van der Waals surface area contributed by atoms with Crippen molar-refractivity contribution in [2.75, 3.05) is 13.2 Å². The van der Waals surface area contributed by atoms with Gasteiger partial charge in [0.2, 0.25) is 5.91 Å². The summed E-state index contributed by atoms with van der Waals surface area (Å²) in [6, 6.07) is 9.98. The number of carbonyl (C=O) groups excluding carboxylic acids is 3. The van der Waals surface area contributed by atoms with Crippen LogP contribution in [0.1, 0.15) is 45.6 Å². The lowest BCUT2D eigenvalue weighted by Gasteiger charge is -2.29. The predicted octanol–water partition coefficient (Wildman–Crippen LogP) is 4.14. The van der Waals surface area contributed by atoms with Crippen molar-refractivity contribution in [3.63, 3.8) is 0 Å². The third kappa shape index (κ3) is 6.73. The lowest BCUT2D eigenvalue weighted by atomic mass is 9.83. The number of cyclic esters (lactones) is 1. The molecule has 2 atom stereocenters. The zero-order valence-electron chi connectivity index (χ0n) is 17.6. The Labute approximate surface area is 172 Å². The molecule has 1 aliphatic rings. The fourth-order valence-corrected chi connectivity index (χ4v) is 3.44. The molecule has 1 aromatic carbocycles. The van der Waals surface area contributed by atoms with Gasteiger partial charge in [-0.25, -0.2) is 9.69 Å². The summed E-state index contributed by atoms with van der Waals surface area (Å²) in [4.78, 5) is 39.0. The van der Waals surface area contributed by atoms with Crippen molar-refractivity contribution in [2.24, 2.45) is 11.8 Å². The van der Waals surface area contributed by atoms with Crippen LogP contribution in [0.3, 0.4) is 0 Å². The van der Waals surface area contributed by atoms with Crippen LogP contribution in [0.25, 0.3) is 0 Å². The fraction of sp³-hybridized carbons (Fsp3) is 0.522. The first-order chi connectivity index (χ1) is 13.7. The fourth-order valence-electron chi connectivity index (χ4n) is 3.44. The summed E-state index contributed by atoms with van der Waals surface area (Å²) in [6.07, 6.45) is 3.24. The number of esters is 1.